The lowest BCUT2D eigenvalue weighted by Gasteiger charge is -2.02. The molecule has 0 aliphatic carbocycles. The normalized spacial score (nSPS) is 11.2. The van der Waals surface area contributed by atoms with Crippen molar-refractivity contribution in [1.29, 1.82) is 5.26 Å². The van der Waals surface area contributed by atoms with Gasteiger partial charge in [0, 0.05) is 12.1 Å². The summed E-state index contributed by atoms with van der Waals surface area (Å²) in [5, 5.41) is 20.5. The van der Waals surface area contributed by atoms with Gasteiger partial charge in [-0.15, -0.1) is 0 Å². The van der Waals surface area contributed by atoms with E-state index in [-0.39, 0.29) is 22.6 Å². The van der Waals surface area contributed by atoms with Gasteiger partial charge in [-0.1, -0.05) is 12.1 Å². The number of para-hydroxylation sites is 1. The van der Waals surface area contributed by atoms with Crippen LogP contribution in [0.1, 0.15) is 11.4 Å². The van der Waals surface area contributed by atoms with E-state index in [9.17, 15) is 20.2 Å². The predicted molar refractivity (Wildman–Crippen MR) is 88.9 cm³/mol. The van der Waals surface area contributed by atoms with Crippen molar-refractivity contribution in [3.63, 3.8) is 0 Å². The maximum atomic E-state index is 12.1. The second kappa shape index (κ2) is 6.14. The van der Waals surface area contributed by atoms with E-state index in [1.165, 1.54) is 30.3 Å². The number of aromatic amines is 1. The second-order valence-electron chi connectivity index (χ2n) is 4.95. The van der Waals surface area contributed by atoms with Gasteiger partial charge in [0.1, 0.15) is 6.07 Å². The third-order valence-electron chi connectivity index (χ3n) is 3.40. The number of aromatic nitrogens is 2. The molecule has 0 aliphatic rings. The molecular weight excluding hydrogens is 308 g/mol. The zero-order valence-corrected chi connectivity index (χ0v) is 12.3. The van der Waals surface area contributed by atoms with Crippen molar-refractivity contribution in [2.75, 3.05) is 0 Å². The molecule has 0 saturated heterocycles. The Kier molecular flexibility index (Phi) is 3.87. The Bertz CT molecular complexity index is 1060. The zero-order valence-electron chi connectivity index (χ0n) is 12.3. The summed E-state index contributed by atoms with van der Waals surface area (Å²) in [6.07, 6.45) is 1.51. The van der Waals surface area contributed by atoms with Gasteiger partial charge in [0.2, 0.25) is 0 Å². The third-order valence-corrected chi connectivity index (χ3v) is 3.40. The molecule has 3 aromatic rings. The van der Waals surface area contributed by atoms with Crippen molar-refractivity contribution in [2.24, 2.45) is 0 Å². The van der Waals surface area contributed by atoms with E-state index in [4.69, 9.17) is 0 Å². The first kappa shape index (κ1) is 15.1. The lowest BCUT2D eigenvalue weighted by molar-refractivity contribution is -0.384. The van der Waals surface area contributed by atoms with E-state index >= 15 is 0 Å². The van der Waals surface area contributed by atoms with Crippen molar-refractivity contribution in [1.82, 2.24) is 9.97 Å². The summed E-state index contributed by atoms with van der Waals surface area (Å²) in [6, 6.07) is 14.6. The molecular formula is C17H10N4O3. The minimum atomic E-state index is -0.499. The first-order chi connectivity index (χ1) is 11.6. The number of H-pyrrole nitrogens is 1. The first-order valence-electron chi connectivity index (χ1n) is 6.94. The van der Waals surface area contributed by atoms with Crippen LogP contribution >= 0.6 is 0 Å². The quantitative estimate of drug-likeness (QED) is 0.453. The Morgan fingerprint density at radius 1 is 1.21 bits per heavy atom. The number of nitrogens with zero attached hydrogens (tertiary/aromatic N) is 3. The van der Waals surface area contributed by atoms with Crippen LogP contribution in [0.4, 0.5) is 5.69 Å². The fourth-order valence-electron chi connectivity index (χ4n) is 2.23. The van der Waals surface area contributed by atoms with Gasteiger partial charge >= 0.3 is 0 Å². The molecule has 7 nitrogen and oxygen atoms in total. The fraction of sp³-hybridized carbons (Fsp3) is 0. The lowest BCUT2D eigenvalue weighted by atomic mass is 10.1. The number of nitriles is 1. The molecule has 0 spiro atoms. The smallest absolute Gasteiger partial charge is 0.269 e. The molecule has 3 rings (SSSR count). The molecule has 0 saturated carbocycles. The minimum absolute atomic E-state index is 0.0390. The summed E-state index contributed by atoms with van der Waals surface area (Å²) in [7, 11) is 0. The van der Waals surface area contributed by atoms with E-state index < -0.39 is 4.92 Å². The average molecular weight is 318 g/mol. The van der Waals surface area contributed by atoms with Gasteiger partial charge < -0.3 is 4.98 Å². The molecule has 0 unspecified atom stereocenters. The maximum Gasteiger partial charge on any atom is 0.269 e. The van der Waals surface area contributed by atoms with Crippen molar-refractivity contribution in [3.05, 3.63) is 80.4 Å². The van der Waals surface area contributed by atoms with Crippen LogP contribution in [0.25, 0.3) is 22.6 Å². The largest absolute Gasteiger partial charge is 0.305 e. The highest BCUT2D eigenvalue weighted by atomic mass is 16.6. The standard InChI is InChI=1S/C17H10N4O3/c18-10-12(9-11-5-7-13(8-6-11)21(23)24)16-19-15-4-2-1-3-14(15)17(22)20-16/h1-9H,(H,19,20,22)/b12-9+. The monoisotopic (exact) mass is 318 g/mol. The highest BCUT2D eigenvalue weighted by Crippen LogP contribution is 2.18. The number of nitro benzene ring substituents is 1. The summed E-state index contributed by atoms with van der Waals surface area (Å²) in [4.78, 5) is 29.1. The van der Waals surface area contributed by atoms with Crippen LogP contribution in [0.3, 0.4) is 0 Å². The van der Waals surface area contributed by atoms with Crippen LogP contribution in [0.5, 0.6) is 0 Å². The molecule has 0 aliphatic heterocycles. The van der Waals surface area contributed by atoms with Crippen LogP contribution < -0.4 is 5.56 Å². The summed E-state index contributed by atoms with van der Waals surface area (Å²) < 4.78 is 0. The molecule has 116 valence electrons. The number of hydrogen-bond acceptors (Lipinski definition) is 5. The number of non-ortho nitro benzene ring substituents is 1. The number of hydrogen-bond donors (Lipinski definition) is 1. The number of fused-ring (bicyclic) bond motifs is 1. The van der Waals surface area contributed by atoms with E-state index in [1.807, 2.05) is 6.07 Å². The molecule has 2 aromatic carbocycles. The van der Waals surface area contributed by atoms with Gasteiger partial charge in [-0.05, 0) is 35.9 Å². The predicted octanol–water partition coefficient (Wildman–Crippen LogP) is 2.90. The summed E-state index contributed by atoms with van der Waals surface area (Å²) >= 11 is 0. The molecule has 1 N–H and O–H groups in total. The van der Waals surface area contributed by atoms with E-state index in [1.54, 1.807) is 24.3 Å². The molecule has 24 heavy (non-hydrogen) atoms. The van der Waals surface area contributed by atoms with Crippen LogP contribution in [0.2, 0.25) is 0 Å². The topological polar surface area (TPSA) is 113 Å². The molecule has 1 aromatic heterocycles. The fourth-order valence-corrected chi connectivity index (χ4v) is 2.23. The highest BCUT2D eigenvalue weighted by molar-refractivity contribution is 5.89. The van der Waals surface area contributed by atoms with Crippen molar-refractivity contribution >= 4 is 28.2 Å². The van der Waals surface area contributed by atoms with E-state index in [0.717, 1.165) is 0 Å². The van der Waals surface area contributed by atoms with Crippen LogP contribution in [0, 0.1) is 21.4 Å². The molecule has 1 heterocycles. The van der Waals surface area contributed by atoms with Crippen molar-refractivity contribution in [3.8, 4) is 6.07 Å². The van der Waals surface area contributed by atoms with Crippen LogP contribution in [0.15, 0.2) is 53.3 Å². The summed E-state index contributed by atoms with van der Waals surface area (Å²) in [5.41, 5.74) is 0.865. The van der Waals surface area contributed by atoms with Gasteiger partial charge in [-0.2, -0.15) is 5.26 Å². The van der Waals surface area contributed by atoms with Crippen LogP contribution in [-0.4, -0.2) is 14.9 Å². The minimum Gasteiger partial charge on any atom is -0.305 e. The number of nitro groups is 1. The van der Waals surface area contributed by atoms with Gasteiger partial charge in [0.25, 0.3) is 11.2 Å². The Balaban J connectivity index is 2.07. The van der Waals surface area contributed by atoms with Crippen LogP contribution in [-0.2, 0) is 0 Å². The highest BCUT2D eigenvalue weighted by Gasteiger charge is 2.09. The molecule has 0 amide bonds. The summed E-state index contributed by atoms with van der Waals surface area (Å²) in [5.74, 6) is 0.152. The zero-order chi connectivity index (χ0) is 17.1. The third kappa shape index (κ3) is 2.89. The first-order valence-corrected chi connectivity index (χ1v) is 6.94. The van der Waals surface area contributed by atoms with Gasteiger partial charge in [0.05, 0.1) is 21.4 Å². The van der Waals surface area contributed by atoms with Gasteiger partial charge in [0.15, 0.2) is 5.82 Å². The van der Waals surface area contributed by atoms with Gasteiger partial charge in [-0.3, -0.25) is 14.9 Å². The van der Waals surface area contributed by atoms with E-state index in [0.29, 0.717) is 16.5 Å². The molecule has 0 bridgehead atoms. The number of allylic oxidation sites excluding steroid dienone is 1. The number of benzene rings is 2. The Morgan fingerprint density at radius 3 is 2.58 bits per heavy atom. The number of rotatable bonds is 3. The SMILES string of the molecule is N#C/C(=C\c1ccc([N+](=O)[O-])cc1)c1nc2ccccc2c(=O)[nH]1. The van der Waals surface area contributed by atoms with Gasteiger partial charge in [-0.25, -0.2) is 4.98 Å². The Hall–Kier alpha value is -3.79. The average Bonchev–Trinajstić information content (AvgIpc) is 2.60. The summed E-state index contributed by atoms with van der Waals surface area (Å²) in [6.45, 7) is 0. The molecule has 7 heteroatoms. The van der Waals surface area contributed by atoms with Crippen molar-refractivity contribution in [2.45, 2.75) is 0 Å². The Labute approximate surface area is 135 Å². The second-order valence-corrected chi connectivity index (χ2v) is 4.95. The maximum absolute atomic E-state index is 12.1. The molecule has 0 radical (unpaired) electrons. The number of nitrogens with one attached hydrogen (secondary N) is 1. The van der Waals surface area contributed by atoms with Crippen molar-refractivity contribution < 1.29 is 4.92 Å². The molecule has 0 fully saturated rings. The lowest BCUT2D eigenvalue weighted by Crippen LogP contribution is -2.11. The Morgan fingerprint density at radius 2 is 1.92 bits per heavy atom. The van der Waals surface area contributed by atoms with E-state index in [2.05, 4.69) is 9.97 Å². The molecule has 0 atom stereocenters.